The molecule has 0 aliphatic rings. The van der Waals surface area contributed by atoms with Gasteiger partial charge in [0.2, 0.25) is 25.0 Å². The highest BCUT2D eigenvalue weighted by atomic mass is 35.5. The minimum absolute atomic E-state index is 0.0486. The van der Waals surface area contributed by atoms with Gasteiger partial charge in [0.1, 0.15) is 0 Å². The van der Waals surface area contributed by atoms with E-state index in [0.717, 1.165) is 0 Å². The molecule has 190 valence electrons. The second-order valence-corrected chi connectivity index (χ2v) is 12.8. The van der Waals surface area contributed by atoms with Crippen LogP contribution in [0.4, 0.5) is 0 Å². The molecule has 3 rings (SSSR count). The summed E-state index contributed by atoms with van der Waals surface area (Å²) in [5.41, 5.74) is 1.03. The molecule has 0 N–H and O–H groups in total. The number of aromatic nitrogens is 2. The second kappa shape index (κ2) is 11.7. The number of rotatable bonds is 12. The van der Waals surface area contributed by atoms with Crippen LogP contribution < -0.4 is 0 Å². The molecule has 0 saturated carbocycles. The molecular formula is C24H30ClN3O5S2. The summed E-state index contributed by atoms with van der Waals surface area (Å²) >= 11 is 6.03. The van der Waals surface area contributed by atoms with Gasteiger partial charge in [-0.2, -0.15) is 4.31 Å². The molecule has 8 nitrogen and oxygen atoms in total. The number of halogens is 1. The fourth-order valence-electron chi connectivity index (χ4n) is 3.64. The largest absolute Gasteiger partial charge is 0.383 e. The molecule has 0 radical (unpaired) electrons. The number of benzene rings is 2. The van der Waals surface area contributed by atoms with Gasteiger partial charge in [-0.05, 0) is 35.7 Å². The third kappa shape index (κ3) is 6.92. The van der Waals surface area contributed by atoms with E-state index < -0.39 is 19.9 Å². The number of nitrogens with zero attached hydrogens (tertiary/aromatic N) is 3. The highest BCUT2D eigenvalue weighted by Gasteiger charge is 2.29. The van der Waals surface area contributed by atoms with Gasteiger partial charge in [0, 0.05) is 25.2 Å². The summed E-state index contributed by atoms with van der Waals surface area (Å²) in [4.78, 5) is 4.39. The summed E-state index contributed by atoms with van der Waals surface area (Å²) in [6, 6.07) is 14.8. The molecule has 0 bridgehead atoms. The molecule has 11 heteroatoms. The van der Waals surface area contributed by atoms with Crippen LogP contribution >= 0.6 is 11.6 Å². The van der Waals surface area contributed by atoms with Crippen molar-refractivity contribution in [3.63, 3.8) is 0 Å². The van der Waals surface area contributed by atoms with Crippen LogP contribution in [-0.4, -0.2) is 51.0 Å². The number of sulfonamides is 1. The summed E-state index contributed by atoms with van der Waals surface area (Å²) in [5.74, 6) is -0.168. The van der Waals surface area contributed by atoms with Crippen molar-refractivity contribution in [3.8, 4) is 0 Å². The van der Waals surface area contributed by atoms with E-state index in [1.54, 1.807) is 47.0 Å². The zero-order valence-corrected chi connectivity index (χ0v) is 22.4. The molecule has 1 aromatic heterocycles. The molecule has 3 aromatic rings. The smallest absolute Gasteiger partial charge is 0.243 e. The maximum absolute atomic E-state index is 13.4. The fraction of sp³-hybridized carbons (Fsp3) is 0.375. The van der Waals surface area contributed by atoms with Crippen molar-refractivity contribution in [3.05, 3.63) is 77.1 Å². The number of hydrogen-bond donors (Lipinski definition) is 0. The van der Waals surface area contributed by atoms with E-state index in [-0.39, 0.29) is 41.4 Å². The molecule has 0 aliphatic carbocycles. The first-order valence-electron chi connectivity index (χ1n) is 11.1. The SMILES string of the molecule is COCCN(Cc1cnc(S(=O)(=O)Cc2cccc(Cl)c2)n1CC(C)C)S(=O)(=O)c1ccccc1. The maximum atomic E-state index is 13.4. The average molecular weight is 540 g/mol. The zero-order valence-electron chi connectivity index (χ0n) is 20.0. The fourth-order valence-corrected chi connectivity index (χ4v) is 6.75. The summed E-state index contributed by atoms with van der Waals surface area (Å²) < 4.78 is 61.4. The first-order chi connectivity index (χ1) is 16.5. The Hall–Kier alpha value is -2.24. The van der Waals surface area contributed by atoms with Crippen LogP contribution in [0.15, 0.2) is 70.8 Å². The van der Waals surface area contributed by atoms with E-state index in [2.05, 4.69) is 4.98 Å². The van der Waals surface area contributed by atoms with E-state index in [1.807, 2.05) is 13.8 Å². The standard InChI is InChI=1S/C24H30ClN3O5S2/c1-19(2)16-28-22(15-26-24(28)34(29,30)18-20-8-7-9-21(25)14-20)17-27(12-13-33-3)35(31,32)23-10-5-4-6-11-23/h4-11,14-15,19H,12-13,16-18H2,1-3H3. The second-order valence-electron chi connectivity index (χ2n) is 8.57. The van der Waals surface area contributed by atoms with Crippen molar-refractivity contribution in [1.82, 2.24) is 13.9 Å². The van der Waals surface area contributed by atoms with Crippen molar-refractivity contribution < 1.29 is 21.6 Å². The summed E-state index contributed by atoms with van der Waals surface area (Å²) in [6.45, 7) is 4.52. The Morgan fingerprint density at radius 3 is 2.40 bits per heavy atom. The molecule has 0 saturated heterocycles. The molecule has 0 aliphatic heterocycles. The topological polar surface area (TPSA) is 98.6 Å². The van der Waals surface area contributed by atoms with Crippen molar-refractivity contribution in [1.29, 1.82) is 0 Å². The lowest BCUT2D eigenvalue weighted by atomic mass is 10.2. The van der Waals surface area contributed by atoms with E-state index in [4.69, 9.17) is 16.3 Å². The monoisotopic (exact) mass is 539 g/mol. The van der Waals surface area contributed by atoms with Crippen molar-refractivity contribution in [2.24, 2.45) is 5.92 Å². The van der Waals surface area contributed by atoms with Gasteiger partial charge in [-0.3, -0.25) is 0 Å². The number of hydrogen-bond acceptors (Lipinski definition) is 6. The van der Waals surface area contributed by atoms with Gasteiger partial charge < -0.3 is 9.30 Å². The molecule has 0 amide bonds. The molecule has 2 aromatic carbocycles. The van der Waals surface area contributed by atoms with E-state index in [9.17, 15) is 16.8 Å². The van der Waals surface area contributed by atoms with Gasteiger partial charge in [-0.15, -0.1) is 0 Å². The van der Waals surface area contributed by atoms with Gasteiger partial charge in [-0.1, -0.05) is 55.8 Å². The highest BCUT2D eigenvalue weighted by molar-refractivity contribution is 7.90. The Morgan fingerprint density at radius 2 is 1.77 bits per heavy atom. The average Bonchev–Trinajstić information content (AvgIpc) is 3.19. The normalized spacial score (nSPS) is 12.5. The lowest BCUT2D eigenvalue weighted by Crippen LogP contribution is -2.34. The molecule has 0 atom stereocenters. The predicted octanol–water partition coefficient (Wildman–Crippen LogP) is 4.00. The lowest BCUT2D eigenvalue weighted by molar-refractivity contribution is 0.176. The number of ether oxygens (including phenoxy) is 1. The molecular weight excluding hydrogens is 510 g/mol. The first-order valence-corrected chi connectivity index (χ1v) is 14.6. The van der Waals surface area contributed by atoms with Crippen LogP contribution in [0, 0.1) is 5.92 Å². The highest BCUT2D eigenvalue weighted by Crippen LogP contribution is 2.24. The van der Waals surface area contributed by atoms with Crippen LogP contribution in [-0.2, 0) is 43.4 Å². The Balaban J connectivity index is 2.00. The third-order valence-electron chi connectivity index (χ3n) is 5.24. The summed E-state index contributed by atoms with van der Waals surface area (Å²) in [7, 11) is -6.18. The Bertz CT molecular complexity index is 1340. The molecule has 0 spiro atoms. The molecule has 35 heavy (non-hydrogen) atoms. The molecule has 1 heterocycles. The Morgan fingerprint density at radius 1 is 1.06 bits per heavy atom. The number of imidazole rings is 1. The third-order valence-corrected chi connectivity index (χ3v) is 8.93. The van der Waals surface area contributed by atoms with Gasteiger partial charge in [0.25, 0.3) is 0 Å². The predicted molar refractivity (Wildman–Crippen MR) is 135 cm³/mol. The van der Waals surface area contributed by atoms with E-state index in [0.29, 0.717) is 22.8 Å². The van der Waals surface area contributed by atoms with Crippen LogP contribution in [0.25, 0.3) is 0 Å². The first kappa shape index (κ1) is 27.3. The molecule has 0 unspecified atom stereocenters. The number of sulfone groups is 1. The number of methoxy groups -OCH3 is 1. The van der Waals surface area contributed by atoms with Crippen molar-refractivity contribution >= 4 is 31.5 Å². The minimum atomic E-state index is -3.85. The zero-order chi connectivity index (χ0) is 25.6. The van der Waals surface area contributed by atoms with Gasteiger partial charge in [-0.25, -0.2) is 21.8 Å². The quantitative estimate of drug-likeness (QED) is 0.345. The van der Waals surface area contributed by atoms with Crippen LogP contribution in [0.2, 0.25) is 5.02 Å². The van der Waals surface area contributed by atoms with E-state index in [1.165, 1.54) is 29.7 Å². The minimum Gasteiger partial charge on any atom is -0.383 e. The van der Waals surface area contributed by atoms with Crippen LogP contribution in [0.5, 0.6) is 0 Å². The summed E-state index contributed by atoms with van der Waals surface area (Å²) in [5, 5.41) is 0.355. The Labute approximate surface area is 212 Å². The summed E-state index contributed by atoms with van der Waals surface area (Å²) in [6.07, 6.45) is 1.44. The van der Waals surface area contributed by atoms with Crippen LogP contribution in [0.3, 0.4) is 0 Å². The van der Waals surface area contributed by atoms with Crippen molar-refractivity contribution in [2.45, 2.75) is 42.7 Å². The van der Waals surface area contributed by atoms with E-state index >= 15 is 0 Å². The van der Waals surface area contributed by atoms with Gasteiger partial charge >= 0.3 is 0 Å². The van der Waals surface area contributed by atoms with Crippen LogP contribution in [0.1, 0.15) is 25.1 Å². The maximum Gasteiger partial charge on any atom is 0.243 e. The van der Waals surface area contributed by atoms with Gasteiger partial charge in [0.15, 0.2) is 0 Å². The van der Waals surface area contributed by atoms with Crippen molar-refractivity contribution in [2.75, 3.05) is 20.3 Å². The Kier molecular flexibility index (Phi) is 9.11. The molecule has 0 fully saturated rings. The van der Waals surface area contributed by atoms with Gasteiger partial charge in [0.05, 0.1) is 35.7 Å². The lowest BCUT2D eigenvalue weighted by Gasteiger charge is -2.23.